The molecular weight excluding hydrogens is 342 g/mol. The van der Waals surface area contributed by atoms with Crippen LogP contribution in [0.5, 0.6) is 0 Å². The van der Waals surface area contributed by atoms with E-state index in [0.29, 0.717) is 0 Å². The summed E-state index contributed by atoms with van der Waals surface area (Å²) in [5.74, 6) is 1.55. The molecule has 1 heterocycles. The first-order chi connectivity index (χ1) is 13.7. The number of allylic oxidation sites excluding steroid dienone is 6. The van der Waals surface area contributed by atoms with Gasteiger partial charge in [-0.3, -0.25) is 0 Å². The van der Waals surface area contributed by atoms with Gasteiger partial charge in [-0.25, -0.2) is 0 Å². The Kier molecular flexibility index (Phi) is 6.13. The fourth-order valence-electron chi connectivity index (χ4n) is 3.22. The van der Waals surface area contributed by atoms with E-state index in [0.717, 1.165) is 28.6 Å². The topological polar surface area (TPSA) is 12.5 Å². The van der Waals surface area contributed by atoms with Crippen LogP contribution in [-0.4, -0.2) is 0 Å². The average Bonchev–Trinajstić information content (AvgIpc) is 2.75. The lowest BCUT2D eigenvalue weighted by atomic mass is 10.0. The van der Waals surface area contributed by atoms with Crippen molar-refractivity contribution in [2.45, 2.75) is 13.8 Å². The van der Waals surface area contributed by atoms with Crippen LogP contribution in [0.4, 0.5) is 5.69 Å². The maximum absolute atomic E-state index is 6.11. The molecule has 2 nitrogen and oxygen atoms in total. The van der Waals surface area contributed by atoms with Crippen molar-refractivity contribution in [2.24, 2.45) is 0 Å². The normalized spacial score (nSPS) is 17.3. The van der Waals surface area contributed by atoms with Gasteiger partial charge in [0.15, 0.2) is 5.76 Å². The Hall–Kier alpha value is -3.52. The first kappa shape index (κ1) is 19.2. The molecule has 1 aliphatic heterocycles. The number of nitrogens with zero attached hydrogens (tertiary/aromatic N) is 1. The number of anilines is 1. The average molecular weight is 367 g/mol. The van der Waals surface area contributed by atoms with E-state index < -0.39 is 0 Å². The fourth-order valence-corrected chi connectivity index (χ4v) is 3.22. The highest BCUT2D eigenvalue weighted by Crippen LogP contribution is 2.37. The van der Waals surface area contributed by atoms with Gasteiger partial charge in [0.1, 0.15) is 5.76 Å². The van der Waals surface area contributed by atoms with Crippen LogP contribution in [0.3, 0.4) is 0 Å². The third-order valence-corrected chi connectivity index (χ3v) is 4.49. The number of ether oxygens (including phenoxy) is 1. The Morgan fingerprint density at radius 3 is 2.14 bits per heavy atom. The number of benzene rings is 2. The van der Waals surface area contributed by atoms with Crippen molar-refractivity contribution in [3.05, 3.63) is 127 Å². The molecule has 0 bridgehead atoms. The van der Waals surface area contributed by atoms with Gasteiger partial charge in [-0.15, -0.1) is 0 Å². The summed E-state index contributed by atoms with van der Waals surface area (Å²) < 4.78 is 6.11. The van der Waals surface area contributed by atoms with Crippen molar-refractivity contribution < 1.29 is 4.74 Å². The van der Waals surface area contributed by atoms with E-state index in [-0.39, 0.29) is 0 Å². The number of rotatable bonds is 5. The van der Waals surface area contributed by atoms with Crippen molar-refractivity contribution in [3.8, 4) is 11.1 Å². The second kappa shape index (κ2) is 8.92. The summed E-state index contributed by atoms with van der Waals surface area (Å²) in [6.45, 7) is 11.8. The third kappa shape index (κ3) is 3.77. The molecule has 3 rings (SSSR count). The van der Waals surface area contributed by atoms with E-state index in [1.165, 1.54) is 11.1 Å². The second-order valence-corrected chi connectivity index (χ2v) is 6.24. The van der Waals surface area contributed by atoms with E-state index in [1.54, 1.807) is 6.08 Å². The van der Waals surface area contributed by atoms with Gasteiger partial charge in [-0.2, -0.15) is 0 Å². The van der Waals surface area contributed by atoms with Gasteiger partial charge in [0.2, 0.25) is 0 Å². The minimum Gasteiger partial charge on any atom is -0.453 e. The van der Waals surface area contributed by atoms with E-state index in [4.69, 9.17) is 4.74 Å². The van der Waals surface area contributed by atoms with Crippen LogP contribution in [0.1, 0.15) is 13.8 Å². The third-order valence-electron chi connectivity index (χ3n) is 4.49. The molecule has 2 aromatic rings. The lowest BCUT2D eigenvalue weighted by Gasteiger charge is -2.35. The highest BCUT2D eigenvalue weighted by Gasteiger charge is 2.27. The lowest BCUT2D eigenvalue weighted by Crippen LogP contribution is -2.28. The zero-order chi connectivity index (χ0) is 19.9. The quantitative estimate of drug-likeness (QED) is 0.557. The summed E-state index contributed by atoms with van der Waals surface area (Å²) in [6.07, 6.45) is 11.4. The van der Waals surface area contributed by atoms with E-state index >= 15 is 0 Å². The van der Waals surface area contributed by atoms with E-state index in [1.807, 2.05) is 50.3 Å². The van der Waals surface area contributed by atoms with Gasteiger partial charge in [-0.1, -0.05) is 67.8 Å². The van der Waals surface area contributed by atoms with Gasteiger partial charge < -0.3 is 9.64 Å². The Bertz CT molecular complexity index is 973. The summed E-state index contributed by atoms with van der Waals surface area (Å²) in [5, 5.41) is 0. The molecule has 28 heavy (non-hydrogen) atoms. The highest BCUT2D eigenvalue weighted by molar-refractivity contribution is 5.71. The van der Waals surface area contributed by atoms with Gasteiger partial charge in [0.05, 0.1) is 11.4 Å². The maximum Gasteiger partial charge on any atom is 0.151 e. The molecular formula is C26H25NO. The predicted molar refractivity (Wildman–Crippen MR) is 120 cm³/mol. The molecule has 0 amide bonds. The second-order valence-electron chi connectivity index (χ2n) is 6.24. The minimum absolute atomic E-state index is 0.763. The Morgan fingerprint density at radius 2 is 1.57 bits per heavy atom. The van der Waals surface area contributed by atoms with Crippen LogP contribution in [0.2, 0.25) is 0 Å². The monoisotopic (exact) mass is 367 g/mol. The van der Waals surface area contributed by atoms with Crippen LogP contribution < -0.4 is 4.90 Å². The zero-order valence-corrected chi connectivity index (χ0v) is 16.4. The van der Waals surface area contributed by atoms with Gasteiger partial charge >= 0.3 is 0 Å². The van der Waals surface area contributed by atoms with Gasteiger partial charge in [0, 0.05) is 5.69 Å². The first-order valence-corrected chi connectivity index (χ1v) is 9.35. The van der Waals surface area contributed by atoms with E-state index in [2.05, 4.69) is 66.6 Å². The molecule has 0 spiro atoms. The van der Waals surface area contributed by atoms with Crippen LogP contribution in [0.25, 0.3) is 11.1 Å². The molecule has 0 atom stereocenters. The summed E-state index contributed by atoms with van der Waals surface area (Å²) in [7, 11) is 0. The highest BCUT2D eigenvalue weighted by atomic mass is 16.5. The number of hydrogen-bond donors (Lipinski definition) is 0. The largest absolute Gasteiger partial charge is 0.453 e. The van der Waals surface area contributed by atoms with Gasteiger partial charge in [0.25, 0.3) is 0 Å². The fraction of sp³-hybridized carbons (Fsp3) is 0.0769. The van der Waals surface area contributed by atoms with Crippen LogP contribution >= 0.6 is 0 Å². The molecule has 0 aromatic heterocycles. The molecule has 0 saturated carbocycles. The van der Waals surface area contributed by atoms with E-state index in [9.17, 15) is 0 Å². The molecule has 0 aliphatic carbocycles. The molecule has 1 aliphatic rings. The van der Waals surface area contributed by atoms with Crippen molar-refractivity contribution in [2.75, 3.05) is 4.90 Å². The molecule has 0 radical (unpaired) electrons. The SMILES string of the molecule is C=C/C=C1\C(=C/C)OC(/C=C\C)=C(C=C)N1c1ccc(-c2ccccc2)cc1. The van der Waals surface area contributed by atoms with Crippen molar-refractivity contribution in [1.82, 2.24) is 0 Å². The van der Waals surface area contributed by atoms with Crippen molar-refractivity contribution in [1.29, 1.82) is 0 Å². The van der Waals surface area contributed by atoms with Crippen molar-refractivity contribution >= 4 is 5.69 Å². The summed E-state index contributed by atoms with van der Waals surface area (Å²) in [6, 6.07) is 18.9. The van der Waals surface area contributed by atoms with Crippen molar-refractivity contribution in [3.63, 3.8) is 0 Å². The molecule has 0 saturated heterocycles. The Labute approximate surface area is 167 Å². The molecule has 140 valence electrons. The molecule has 0 N–H and O–H groups in total. The molecule has 2 aromatic carbocycles. The number of hydrogen-bond acceptors (Lipinski definition) is 2. The summed E-state index contributed by atoms with van der Waals surface area (Å²) in [4.78, 5) is 2.15. The summed E-state index contributed by atoms with van der Waals surface area (Å²) in [5.41, 5.74) is 5.22. The van der Waals surface area contributed by atoms with Crippen LogP contribution in [-0.2, 0) is 4.74 Å². The Morgan fingerprint density at radius 1 is 0.893 bits per heavy atom. The van der Waals surface area contributed by atoms with Crippen LogP contribution in [0.15, 0.2) is 127 Å². The maximum atomic E-state index is 6.11. The predicted octanol–water partition coefficient (Wildman–Crippen LogP) is 7.14. The standard InChI is InChI=1S/C26H25NO/c1-5-12-24-25(8-4)28-26(13-6-2)23(7-3)27(24)22-18-16-21(17-19-22)20-14-10-9-11-15-20/h5-19H,1,3H2,2,4H3/b13-6-,24-12+,25-8+. The minimum atomic E-state index is 0.763. The smallest absolute Gasteiger partial charge is 0.151 e. The molecule has 2 heteroatoms. The van der Waals surface area contributed by atoms with Crippen LogP contribution in [0, 0.1) is 0 Å². The lowest BCUT2D eigenvalue weighted by molar-refractivity contribution is 0.312. The molecule has 0 fully saturated rings. The first-order valence-electron chi connectivity index (χ1n) is 9.35. The Balaban J connectivity index is 2.14. The zero-order valence-electron chi connectivity index (χ0n) is 16.4. The summed E-state index contributed by atoms with van der Waals surface area (Å²) >= 11 is 0. The molecule has 0 unspecified atom stereocenters. The van der Waals surface area contributed by atoms with Gasteiger partial charge in [-0.05, 0) is 61.4 Å².